The van der Waals surface area contributed by atoms with Crippen LogP contribution < -0.4 is 0 Å². The third kappa shape index (κ3) is 10.6. The van der Waals surface area contributed by atoms with Gasteiger partial charge in [-0.15, -0.1) is 24.0 Å². The zero-order valence-electron chi connectivity index (χ0n) is 23.9. The van der Waals surface area contributed by atoms with E-state index in [1.165, 1.54) is 33.4 Å². The van der Waals surface area contributed by atoms with Crippen LogP contribution in [0.15, 0.2) is 97.1 Å². The van der Waals surface area contributed by atoms with Crippen molar-refractivity contribution in [3.8, 4) is 11.1 Å². The number of unbranched alkanes of at least 4 members (excludes halogenated alkanes) is 1. The van der Waals surface area contributed by atoms with Crippen molar-refractivity contribution in [2.24, 2.45) is 0 Å². The number of carbonyl (C=O) groups is 1. The fourth-order valence-corrected chi connectivity index (χ4v) is 4.53. The number of aryl methyl sites for hydroxylation is 4. The van der Waals surface area contributed by atoms with Crippen molar-refractivity contribution in [1.82, 2.24) is 0 Å². The maximum atomic E-state index is 11.5. The van der Waals surface area contributed by atoms with E-state index in [4.69, 9.17) is 0 Å². The molecule has 0 saturated carbocycles. The second kappa shape index (κ2) is 19.4. The molecule has 0 aromatic heterocycles. The molecule has 0 atom stereocenters. The van der Waals surface area contributed by atoms with Gasteiger partial charge >= 0.3 is 0 Å². The van der Waals surface area contributed by atoms with E-state index in [2.05, 4.69) is 93.6 Å². The van der Waals surface area contributed by atoms with Crippen LogP contribution >= 0.6 is 24.0 Å². The van der Waals surface area contributed by atoms with Crippen molar-refractivity contribution < 1.29 is 4.79 Å². The predicted octanol–water partition coefficient (Wildman–Crippen LogP) is 10.5. The van der Waals surface area contributed by atoms with Crippen LogP contribution in [0.3, 0.4) is 0 Å². The van der Waals surface area contributed by atoms with E-state index < -0.39 is 0 Å². The van der Waals surface area contributed by atoms with Crippen LogP contribution in [0.1, 0.15) is 78.7 Å². The van der Waals surface area contributed by atoms with Crippen molar-refractivity contribution >= 4 is 30.3 Å². The van der Waals surface area contributed by atoms with Gasteiger partial charge in [-0.1, -0.05) is 125 Å². The molecule has 0 amide bonds. The molecule has 38 heavy (non-hydrogen) atoms. The van der Waals surface area contributed by atoms with Crippen LogP contribution in [0.2, 0.25) is 0 Å². The van der Waals surface area contributed by atoms with Crippen molar-refractivity contribution in [1.29, 1.82) is 0 Å². The van der Waals surface area contributed by atoms with E-state index in [0.29, 0.717) is 0 Å². The Morgan fingerprint density at radius 1 is 0.632 bits per heavy atom. The number of aldehydes is 1. The molecule has 4 aromatic rings. The highest BCUT2D eigenvalue weighted by atomic mass is 127. The Hall–Kier alpha value is -2.72. The molecule has 0 heterocycles. The lowest BCUT2D eigenvalue weighted by Gasteiger charge is -2.12. The molecule has 0 saturated heterocycles. The Morgan fingerprint density at radius 2 is 1.26 bits per heavy atom. The molecule has 0 aliphatic carbocycles. The van der Waals surface area contributed by atoms with Crippen LogP contribution in [0.25, 0.3) is 11.1 Å². The third-order valence-corrected chi connectivity index (χ3v) is 6.64. The van der Waals surface area contributed by atoms with Gasteiger partial charge in [0.05, 0.1) is 0 Å². The Morgan fingerprint density at radius 3 is 1.84 bits per heavy atom. The van der Waals surface area contributed by atoms with Gasteiger partial charge in [-0.25, -0.2) is 0 Å². The van der Waals surface area contributed by atoms with E-state index in [1.807, 2.05) is 38.1 Å². The van der Waals surface area contributed by atoms with Gasteiger partial charge in [0.2, 0.25) is 0 Å². The molecule has 0 N–H and O–H groups in total. The standard InChI is InChI=1S/C26H28O.C8H10.C2H6.HI/c1-3-21-14-9-10-20(2)26(21)15-8-7-13-23-18-24(16-17-25(23)19-27)22-11-5-4-6-12-22;1-2-8-6-4-3-5-7-8;1-2;/h4-6,9-12,14,16-19H,3,7-8,13,15H2,1-2H3;3-7H,2H2,1H3;1-2H3;1H. The average Bonchev–Trinajstić information content (AvgIpc) is 2.98. The summed E-state index contributed by atoms with van der Waals surface area (Å²) >= 11 is 0. The quantitative estimate of drug-likeness (QED) is 0.103. The first-order chi connectivity index (χ1) is 18.2. The highest BCUT2D eigenvalue weighted by Crippen LogP contribution is 2.24. The number of carbonyl (C=O) groups excluding carboxylic acids is 1. The van der Waals surface area contributed by atoms with Crippen molar-refractivity contribution in [2.75, 3.05) is 0 Å². The Labute approximate surface area is 248 Å². The Balaban J connectivity index is 0.000000557. The molecular formula is C36H45IO. The fourth-order valence-electron chi connectivity index (χ4n) is 4.53. The normalized spacial score (nSPS) is 9.71. The van der Waals surface area contributed by atoms with E-state index >= 15 is 0 Å². The maximum absolute atomic E-state index is 11.5. The zero-order chi connectivity index (χ0) is 26.9. The Kier molecular flexibility index (Phi) is 17.0. The third-order valence-electron chi connectivity index (χ3n) is 6.64. The molecule has 0 aliphatic rings. The van der Waals surface area contributed by atoms with E-state index in [1.54, 1.807) is 0 Å². The van der Waals surface area contributed by atoms with Crippen LogP contribution in [-0.2, 0) is 25.7 Å². The number of hydrogen-bond acceptors (Lipinski definition) is 1. The van der Waals surface area contributed by atoms with Gasteiger partial charge in [0, 0.05) is 5.56 Å². The molecule has 2 heteroatoms. The minimum absolute atomic E-state index is 0. The van der Waals surface area contributed by atoms with Gasteiger partial charge < -0.3 is 0 Å². The van der Waals surface area contributed by atoms with Crippen LogP contribution in [-0.4, -0.2) is 6.29 Å². The molecule has 1 nitrogen and oxygen atoms in total. The summed E-state index contributed by atoms with van der Waals surface area (Å²) < 4.78 is 0. The lowest BCUT2D eigenvalue weighted by atomic mass is 9.93. The van der Waals surface area contributed by atoms with Crippen LogP contribution in [0, 0.1) is 6.92 Å². The van der Waals surface area contributed by atoms with Crippen LogP contribution in [0.5, 0.6) is 0 Å². The summed E-state index contributed by atoms with van der Waals surface area (Å²) in [6.45, 7) is 10.6. The number of halogens is 1. The fraction of sp³-hybridized carbons (Fsp3) is 0.306. The van der Waals surface area contributed by atoms with Gasteiger partial charge in [-0.2, -0.15) is 0 Å². The Bertz CT molecular complexity index is 1180. The summed E-state index contributed by atoms with van der Waals surface area (Å²) in [7, 11) is 0. The van der Waals surface area contributed by atoms with Crippen LogP contribution in [0.4, 0.5) is 0 Å². The second-order valence-electron chi connectivity index (χ2n) is 9.01. The summed E-state index contributed by atoms with van der Waals surface area (Å²) in [5, 5.41) is 0. The van der Waals surface area contributed by atoms with Gasteiger partial charge in [0.1, 0.15) is 6.29 Å². The maximum Gasteiger partial charge on any atom is 0.150 e. The monoisotopic (exact) mass is 620 g/mol. The first-order valence-electron chi connectivity index (χ1n) is 13.9. The molecule has 0 aliphatic heterocycles. The molecule has 0 fully saturated rings. The molecular weight excluding hydrogens is 575 g/mol. The molecule has 4 aromatic carbocycles. The van der Waals surface area contributed by atoms with Gasteiger partial charge in [-0.05, 0) is 84.4 Å². The smallest absolute Gasteiger partial charge is 0.150 e. The van der Waals surface area contributed by atoms with Crippen molar-refractivity contribution in [2.45, 2.75) is 73.1 Å². The molecule has 202 valence electrons. The molecule has 0 bridgehead atoms. The molecule has 0 radical (unpaired) electrons. The summed E-state index contributed by atoms with van der Waals surface area (Å²) in [4.78, 5) is 11.5. The van der Waals surface area contributed by atoms with Crippen molar-refractivity contribution in [3.63, 3.8) is 0 Å². The van der Waals surface area contributed by atoms with E-state index in [-0.39, 0.29) is 24.0 Å². The average molecular weight is 621 g/mol. The molecule has 0 spiro atoms. The lowest BCUT2D eigenvalue weighted by molar-refractivity contribution is 0.112. The highest BCUT2D eigenvalue weighted by molar-refractivity contribution is 14.0. The van der Waals surface area contributed by atoms with Gasteiger partial charge in [0.15, 0.2) is 0 Å². The van der Waals surface area contributed by atoms with Gasteiger partial charge in [-0.3, -0.25) is 4.79 Å². The minimum atomic E-state index is 0. The zero-order valence-corrected chi connectivity index (χ0v) is 26.2. The minimum Gasteiger partial charge on any atom is -0.298 e. The van der Waals surface area contributed by atoms with E-state index in [0.717, 1.165) is 55.9 Å². The summed E-state index contributed by atoms with van der Waals surface area (Å²) in [6, 6.07) is 33.6. The molecule has 4 rings (SSSR count). The first kappa shape index (κ1) is 33.3. The van der Waals surface area contributed by atoms with Gasteiger partial charge in [0.25, 0.3) is 0 Å². The number of rotatable bonds is 9. The topological polar surface area (TPSA) is 17.1 Å². The highest BCUT2D eigenvalue weighted by Gasteiger charge is 2.07. The molecule has 0 unspecified atom stereocenters. The SMILES string of the molecule is CC.CCc1cccc(C)c1CCCCc1cc(-c2ccccc2)ccc1C=O.CCc1ccccc1.I. The van der Waals surface area contributed by atoms with E-state index in [9.17, 15) is 4.79 Å². The van der Waals surface area contributed by atoms with Crippen molar-refractivity contribution in [3.05, 3.63) is 130 Å². The number of hydrogen-bond donors (Lipinski definition) is 0. The summed E-state index contributed by atoms with van der Waals surface area (Å²) in [6.07, 6.45) is 7.52. The first-order valence-corrected chi connectivity index (χ1v) is 13.9. The predicted molar refractivity (Wildman–Crippen MR) is 177 cm³/mol. The second-order valence-corrected chi connectivity index (χ2v) is 9.01. The number of benzene rings is 4. The largest absolute Gasteiger partial charge is 0.298 e. The lowest BCUT2D eigenvalue weighted by Crippen LogP contribution is -1.99. The summed E-state index contributed by atoms with van der Waals surface area (Å²) in [5.74, 6) is 0. The summed E-state index contributed by atoms with van der Waals surface area (Å²) in [5.41, 5.74) is 10.1.